The molecule has 3 nitrogen and oxygen atoms in total. The average molecular weight is 256 g/mol. The molecule has 1 fully saturated rings. The van der Waals surface area contributed by atoms with Gasteiger partial charge in [0.1, 0.15) is 0 Å². The smallest absolute Gasteiger partial charge is 0.223 e. The van der Waals surface area contributed by atoms with Crippen LogP contribution >= 0.6 is 0 Å². The molecule has 1 heterocycles. The van der Waals surface area contributed by atoms with E-state index in [4.69, 9.17) is 5.26 Å². The summed E-state index contributed by atoms with van der Waals surface area (Å²) in [6.45, 7) is 5.70. The van der Waals surface area contributed by atoms with Crippen molar-refractivity contribution in [3.05, 3.63) is 34.9 Å². The summed E-state index contributed by atoms with van der Waals surface area (Å²) in [6, 6.07) is 8.64. The molecule has 1 saturated heterocycles. The lowest BCUT2D eigenvalue weighted by Crippen LogP contribution is -2.39. The lowest BCUT2D eigenvalue weighted by Gasteiger charge is -2.29. The molecule has 0 spiro atoms. The molecule has 0 aliphatic carbocycles. The van der Waals surface area contributed by atoms with Crippen molar-refractivity contribution in [2.45, 2.75) is 33.1 Å². The first-order chi connectivity index (χ1) is 9.10. The van der Waals surface area contributed by atoms with Crippen molar-refractivity contribution in [2.24, 2.45) is 5.92 Å². The number of piperidine rings is 1. The van der Waals surface area contributed by atoms with Crippen LogP contribution in [0.15, 0.2) is 18.2 Å². The Hall–Kier alpha value is -1.82. The van der Waals surface area contributed by atoms with Crippen molar-refractivity contribution in [3.63, 3.8) is 0 Å². The number of carbonyl (C=O) groups is 1. The van der Waals surface area contributed by atoms with Gasteiger partial charge in [-0.3, -0.25) is 4.79 Å². The summed E-state index contributed by atoms with van der Waals surface area (Å²) in [5, 5.41) is 8.84. The van der Waals surface area contributed by atoms with Crippen LogP contribution < -0.4 is 0 Å². The summed E-state index contributed by atoms with van der Waals surface area (Å²) < 4.78 is 0. The van der Waals surface area contributed by atoms with E-state index < -0.39 is 0 Å². The number of aryl methyl sites for hydroxylation is 2. The SMILES string of the molecule is Cc1ccc(CCN2CCC(C#N)CC2=O)c(C)c1. The highest BCUT2D eigenvalue weighted by atomic mass is 16.2. The highest BCUT2D eigenvalue weighted by molar-refractivity contribution is 5.77. The normalized spacial score (nSPS) is 19.3. The van der Waals surface area contributed by atoms with Gasteiger partial charge in [0, 0.05) is 19.5 Å². The summed E-state index contributed by atoms with van der Waals surface area (Å²) in [6.07, 6.45) is 2.10. The highest BCUT2D eigenvalue weighted by Gasteiger charge is 2.25. The highest BCUT2D eigenvalue weighted by Crippen LogP contribution is 2.18. The van der Waals surface area contributed by atoms with Crippen molar-refractivity contribution in [1.29, 1.82) is 5.26 Å². The van der Waals surface area contributed by atoms with Crippen LogP contribution in [-0.2, 0) is 11.2 Å². The minimum atomic E-state index is -0.0788. The van der Waals surface area contributed by atoms with Gasteiger partial charge in [0.05, 0.1) is 12.0 Å². The number of rotatable bonds is 3. The molecule has 1 aromatic rings. The van der Waals surface area contributed by atoms with E-state index in [-0.39, 0.29) is 11.8 Å². The van der Waals surface area contributed by atoms with Crippen molar-refractivity contribution >= 4 is 5.91 Å². The van der Waals surface area contributed by atoms with Crippen LogP contribution in [0.3, 0.4) is 0 Å². The molecule has 1 atom stereocenters. The number of hydrogen-bond donors (Lipinski definition) is 0. The fraction of sp³-hybridized carbons (Fsp3) is 0.500. The maximum absolute atomic E-state index is 11.9. The Bertz CT molecular complexity index is 516. The van der Waals surface area contributed by atoms with E-state index in [1.807, 2.05) is 4.90 Å². The molecule has 0 radical (unpaired) electrons. The summed E-state index contributed by atoms with van der Waals surface area (Å²) in [4.78, 5) is 13.8. The number of likely N-dealkylation sites (tertiary alicyclic amines) is 1. The molecule has 0 bridgehead atoms. The van der Waals surface area contributed by atoms with E-state index in [0.29, 0.717) is 6.42 Å². The Morgan fingerprint density at radius 3 is 2.84 bits per heavy atom. The van der Waals surface area contributed by atoms with Gasteiger partial charge in [0.25, 0.3) is 0 Å². The Morgan fingerprint density at radius 1 is 1.42 bits per heavy atom. The third-order valence-corrected chi connectivity index (χ3v) is 3.85. The molecule has 0 saturated carbocycles. The molecular formula is C16H20N2O. The van der Waals surface area contributed by atoms with Gasteiger partial charge >= 0.3 is 0 Å². The summed E-state index contributed by atoms with van der Waals surface area (Å²) in [5.74, 6) is 0.0485. The lowest BCUT2D eigenvalue weighted by atomic mass is 9.97. The molecule has 1 amide bonds. The van der Waals surface area contributed by atoms with E-state index in [1.54, 1.807) is 0 Å². The van der Waals surface area contributed by atoms with E-state index in [1.165, 1.54) is 16.7 Å². The van der Waals surface area contributed by atoms with Gasteiger partial charge in [-0.15, -0.1) is 0 Å². The molecule has 0 N–H and O–H groups in total. The van der Waals surface area contributed by atoms with E-state index in [9.17, 15) is 4.79 Å². The Balaban J connectivity index is 1.92. The van der Waals surface area contributed by atoms with Crippen LogP contribution in [0.2, 0.25) is 0 Å². The fourth-order valence-electron chi connectivity index (χ4n) is 2.61. The molecule has 3 heteroatoms. The molecule has 1 aliphatic heterocycles. The van der Waals surface area contributed by atoms with Crippen LogP contribution in [0.25, 0.3) is 0 Å². The van der Waals surface area contributed by atoms with Crippen molar-refractivity contribution < 1.29 is 4.79 Å². The predicted molar refractivity (Wildman–Crippen MR) is 74.5 cm³/mol. The molecule has 100 valence electrons. The average Bonchev–Trinajstić information content (AvgIpc) is 2.39. The van der Waals surface area contributed by atoms with Gasteiger partial charge in [-0.05, 0) is 37.8 Å². The van der Waals surface area contributed by atoms with Crippen molar-refractivity contribution in [1.82, 2.24) is 4.90 Å². The second-order valence-corrected chi connectivity index (χ2v) is 5.38. The Morgan fingerprint density at radius 2 is 2.21 bits per heavy atom. The minimum Gasteiger partial charge on any atom is -0.342 e. The zero-order chi connectivity index (χ0) is 13.8. The van der Waals surface area contributed by atoms with Gasteiger partial charge in [0.15, 0.2) is 0 Å². The minimum absolute atomic E-state index is 0.0788. The van der Waals surface area contributed by atoms with Gasteiger partial charge in [0.2, 0.25) is 5.91 Å². The van der Waals surface area contributed by atoms with Crippen LogP contribution in [0.1, 0.15) is 29.5 Å². The molecular weight excluding hydrogens is 236 g/mol. The standard InChI is InChI=1S/C16H20N2O/c1-12-3-4-15(13(2)9-12)6-8-18-7-5-14(11-17)10-16(18)19/h3-4,9,14H,5-8,10H2,1-2H3. The zero-order valence-corrected chi connectivity index (χ0v) is 11.6. The van der Waals surface area contributed by atoms with E-state index >= 15 is 0 Å². The molecule has 1 aliphatic rings. The number of hydrogen-bond acceptors (Lipinski definition) is 2. The summed E-state index contributed by atoms with van der Waals surface area (Å²) >= 11 is 0. The number of amides is 1. The lowest BCUT2D eigenvalue weighted by molar-refractivity contribution is -0.134. The molecule has 1 aromatic carbocycles. The number of nitrogens with zero attached hydrogens (tertiary/aromatic N) is 2. The number of benzene rings is 1. The third kappa shape index (κ3) is 3.35. The monoisotopic (exact) mass is 256 g/mol. The van der Waals surface area contributed by atoms with E-state index in [2.05, 4.69) is 38.1 Å². The number of carbonyl (C=O) groups excluding carboxylic acids is 1. The van der Waals surface area contributed by atoms with E-state index in [0.717, 1.165) is 25.9 Å². The maximum atomic E-state index is 11.9. The number of nitriles is 1. The maximum Gasteiger partial charge on any atom is 0.223 e. The van der Waals surface area contributed by atoms with Crippen LogP contribution in [0.5, 0.6) is 0 Å². The van der Waals surface area contributed by atoms with Gasteiger partial charge in [-0.25, -0.2) is 0 Å². The van der Waals surface area contributed by atoms with Crippen molar-refractivity contribution in [2.75, 3.05) is 13.1 Å². The first kappa shape index (κ1) is 13.6. The first-order valence-corrected chi connectivity index (χ1v) is 6.83. The second kappa shape index (κ2) is 5.88. The van der Waals surface area contributed by atoms with Gasteiger partial charge in [-0.1, -0.05) is 23.8 Å². The van der Waals surface area contributed by atoms with Gasteiger partial charge in [-0.2, -0.15) is 5.26 Å². The summed E-state index contributed by atoms with van der Waals surface area (Å²) in [5.41, 5.74) is 3.87. The Kier molecular flexibility index (Phi) is 4.21. The summed E-state index contributed by atoms with van der Waals surface area (Å²) in [7, 11) is 0. The molecule has 19 heavy (non-hydrogen) atoms. The first-order valence-electron chi connectivity index (χ1n) is 6.83. The van der Waals surface area contributed by atoms with Crippen LogP contribution in [0.4, 0.5) is 0 Å². The van der Waals surface area contributed by atoms with Crippen LogP contribution in [0, 0.1) is 31.1 Å². The Labute approximate surface area is 114 Å². The van der Waals surface area contributed by atoms with Crippen molar-refractivity contribution in [3.8, 4) is 6.07 Å². The fourth-order valence-corrected chi connectivity index (χ4v) is 2.61. The second-order valence-electron chi connectivity index (χ2n) is 5.38. The topological polar surface area (TPSA) is 44.1 Å². The molecule has 0 aromatic heterocycles. The van der Waals surface area contributed by atoms with Crippen LogP contribution in [-0.4, -0.2) is 23.9 Å². The predicted octanol–water partition coefficient (Wildman–Crippen LogP) is 2.61. The largest absolute Gasteiger partial charge is 0.342 e. The third-order valence-electron chi connectivity index (χ3n) is 3.85. The molecule has 1 unspecified atom stereocenters. The quantitative estimate of drug-likeness (QED) is 0.834. The zero-order valence-electron chi connectivity index (χ0n) is 11.6. The molecule has 2 rings (SSSR count). The van der Waals surface area contributed by atoms with Gasteiger partial charge < -0.3 is 4.90 Å².